The second-order valence-electron chi connectivity index (χ2n) is 2.44. The largest absolute Gasteiger partial charge is 0.305 e. The van der Waals surface area contributed by atoms with Crippen LogP contribution in [0.25, 0.3) is 5.69 Å². The fourth-order valence-electron chi connectivity index (χ4n) is 0.993. The molecular formula is C8H5BrClN3. The van der Waals surface area contributed by atoms with E-state index in [2.05, 4.69) is 25.9 Å². The van der Waals surface area contributed by atoms with Gasteiger partial charge < -0.3 is 4.57 Å². The van der Waals surface area contributed by atoms with Crippen molar-refractivity contribution in [1.29, 1.82) is 0 Å². The number of pyridine rings is 1. The van der Waals surface area contributed by atoms with Crippen molar-refractivity contribution in [3.63, 3.8) is 0 Å². The average molecular weight is 259 g/mol. The molecule has 2 aromatic heterocycles. The van der Waals surface area contributed by atoms with E-state index in [9.17, 15) is 0 Å². The molecule has 0 unspecified atom stereocenters. The molecule has 2 heterocycles. The highest BCUT2D eigenvalue weighted by atomic mass is 79.9. The average Bonchev–Trinajstić information content (AvgIpc) is 2.52. The summed E-state index contributed by atoms with van der Waals surface area (Å²) >= 11 is 9.01. The van der Waals surface area contributed by atoms with Crippen LogP contribution in [0.1, 0.15) is 0 Å². The number of hydrogen-bond acceptors (Lipinski definition) is 2. The van der Waals surface area contributed by atoms with Crippen LogP contribution in [0.5, 0.6) is 0 Å². The molecule has 0 saturated heterocycles. The summed E-state index contributed by atoms with van der Waals surface area (Å²) in [6.45, 7) is 0. The summed E-state index contributed by atoms with van der Waals surface area (Å²) in [7, 11) is 0. The maximum atomic E-state index is 5.74. The summed E-state index contributed by atoms with van der Waals surface area (Å²) in [4.78, 5) is 7.93. The zero-order chi connectivity index (χ0) is 9.26. The van der Waals surface area contributed by atoms with Crippen molar-refractivity contribution in [3.05, 3.63) is 40.6 Å². The van der Waals surface area contributed by atoms with E-state index < -0.39 is 0 Å². The van der Waals surface area contributed by atoms with Crippen LogP contribution in [0.2, 0.25) is 5.15 Å². The van der Waals surface area contributed by atoms with Crippen LogP contribution >= 0.6 is 27.5 Å². The van der Waals surface area contributed by atoms with Crippen LogP contribution < -0.4 is 0 Å². The van der Waals surface area contributed by atoms with Gasteiger partial charge in [-0.25, -0.2) is 9.97 Å². The molecule has 0 spiro atoms. The lowest BCUT2D eigenvalue weighted by Crippen LogP contribution is -1.89. The monoisotopic (exact) mass is 257 g/mol. The number of imidazole rings is 1. The zero-order valence-electron chi connectivity index (χ0n) is 6.48. The van der Waals surface area contributed by atoms with Gasteiger partial charge in [0.15, 0.2) is 0 Å². The molecule has 2 rings (SSSR count). The van der Waals surface area contributed by atoms with Gasteiger partial charge in [0.1, 0.15) is 16.1 Å². The third-order valence-electron chi connectivity index (χ3n) is 1.56. The summed E-state index contributed by atoms with van der Waals surface area (Å²) in [6.07, 6.45) is 5.22. The second kappa shape index (κ2) is 3.47. The van der Waals surface area contributed by atoms with Gasteiger partial charge in [0.2, 0.25) is 0 Å². The molecule has 0 radical (unpaired) electrons. The summed E-state index contributed by atoms with van der Waals surface area (Å²) in [5, 5.41) is 0.474. The van der Waals surface area contributed by atoms with E-state index in [4.69, 9.17) is 11.6 Å². The van der Waals surface area contributed by atoms with E-state index in [1.54, 1.807) is 18.6 Å². The SMILES string of the molecule is Clc1cc(-n2cnc(Br)c2)ccn1. The molecule has 0 aliphatic heterocycles. The van der Waals surface area contributed by atoms with Crippen molar-refractivity contribution in [2.45, 2.75) is 0 Å². The Labute approximate surface area is 88.5 Å². The molecule has 66 valence electrons. The number of aromatic nitrogens is 3. The van der Waals surface area contributed by atoms with Crippen LogP contribution in [0, 0.1) is 0 Å². The molecule has 5 heteroatoms. The Morgan fingerprint density at radius 3 is 2.85 bits per heavy atom. The molecule has 3 nitrogen and oxygen atoms in total. The molecular weight excluding hydrogens is 253 g/mol. The maximum Gasteiger partial charge on any atom is 0.131 e. The van der Waals surface area contributed by atoms with Crippen molar-refractivity contribution in [2.75, 3.05) is 0 Å². The molecule has 0 atom stereocenters. The molecule has 0 fully saturated rings. The van der Waals surface area contributed by atoms with Crippen LogP contribution in [0.3, 0.4) is 0 Å². The second-order valence-corrected chi connectivity index (χ2v) is 3.64. The molecule has 0 saturated carbocycles. The molecule has 13 heavy (non-hydrogen) atoms. The van der Waals surface area contributed by atoms with Crippen molar-refractivity contribution >= 4 is 27.5 Å². The Balaban J connectivity index is 2.46. The van der Waals surface area contributed by atoms with Gasteiger partial charge in [-0.1, -0.05) is 11.6 Å². The lowest BCUT2D eigenvalue weighted by molar-refractivity contribution is 1.05. The van der Waals surface area contributed by atoms with Gasteiger partial charge in [0.05, 0.1) is 5.69 Å². The van der Waals surface area contributed by atoms with Crippen LogP contribution in [0.15, 0.2) is 35.5 Å². The molecule has 0 amide bonds. The lowest BCUT2D eigenvalue weighted by Gasteiger charge is -2.00. The predicted molar refractivity (Wildman–Crippen MR) is 54.1 cm³/mol. The van der Waals surface area contributed by atoms with E-state index >= 15 is 0 Å². The Bertz CT molecular complexity index is 427. The summed E-state index contributed by atoms with van der Waals surface area (Å²) in [5.41, 5.74) is 0.943. The van der Waals surface area contributed by atoms with Gasteiger partial charge in [-0.05, 0) is 28.1 Å². The van der Waals surface area contributed by atoms with E-state index in [1.807, 2.05) is 16.8 Å². The molecule has 2 aromatic rings. The molecule has 0 aliphatic rings. The standard InChI is InChI=1S/C8H5BrClN3/c9-7-4-13(5-12-7)6-1-2-11-8(10)3-6/h1-5H. The lowest BCUT2D eigenvalue weighted by atomic mass is 10.4. The first kappa shape index (κ1) is 8.72. The van der Waals surface area contributed by atoms with Gasteiger partial charge in [0.25, 0.3) is 0 Å². The highest BCUT2D eigenvalue weighted by Crippen LogP contribution is 2.14. The minimum Gasteiger partial charge on any atom is -0.305 e. The fourth-order valence-corrected chi connectivity index (χ4v) is 1.47. The Kier molecular flexibility index (Phi) is 2.33. The molecule has 0 aliphatic carbocycles. The Morgan fingerprint density at radius 1 is 1.38 bits per heavy atom. The van der Waals surface area contributed by atoms with Gasteiger partial charge in [-0.15, -0.1) is 0 Å². The van der Waals surface area contributed by atoms with Gasteiger partial charge in [-0.3, -0.25) is 0 Å². The molecule has 0 bridgehead atoms. The van der Waals surface area contributed by atoms with E-state index in [0.717, 1.165) is 10.3 Å². The summed E-state index contributed by atoms with van der Waals surface area (Å²) in [5.74, 6) is 0. The van der Waals surface area contributed by atoms with Crippen molar-refractivity contribution in [1.82, 2.24) is 14.5 Å². The molecule has 0 aromatic carbocycles. The fraction of sp³-hybridized carbons (Fsp3) is 0. The van der Waals surface area contributed by atoms with Crippen LogP contribution in [0.4, 0.5) is 0 Å². The summed E-state index contributed by atoms with van der Waals surface area (Å²) in [6, 6.07) is 3.63. The van der Waals surface area contributed by atoms with Gasteiger partial charge in [-0.2, -0.15) is 0 Å². The summed E-state index contributed by atoms with van der Waals surface area (Å²) < 4.78 is 2.65. The number of rotatable bonds is 1. The zero-order valence-corrected chi connectivity index (χ0v) is 8.83. The topological polar surface area (TPSA) is 30.7 Å². The number of hydrogen-bond donors (Lipinski definition) is 0. The molecule has 0 N–H and O–H groups in total. The third-order valence-corrected chi connectivity index (χ3v) is 2.18. The number of halogens is 2. The quantitative estimate of drug-likeness (QED) is 0.736. The minimum atomic E-state index is 0.474. The van der Waals surface area contributed by atoms with Gasteiger partial charge in [0, 0.05) is 12.4 Å². The Morgan fingerprint density at radius 2 is 2.23 bits per heavy atom. The number of nitrogens with zero attached hydrogens (tertiary/aromatic N) is 3. The Hall–Kier alpha value is -0.870. The first-order valence-corrected chi connectivity index (χ1v) is 4.74. The predicted octanol–water partition coefficient (Wildman–Crippen LogP) is 2.68. The van der Waals surface area contributed by atoms with Crippen molar-refractivity contribution < 1.29 is 0 Å². The smallest absolute Gasteiger partial charge is 0.131 e. The van der Waals surface area contributed by atoms with Crippen molar-refractivity contribution in [3.8, 4) is 5.69 Å². The third kappa shape index (κ3) is 1.89. The first-order chi connectivity index (χ1) is 6.25. The van der Waals surface area contributed by atoms with Gasteiger partial charge >= 0.3 is 0 Å². The van der Waals surface area contributed by atoms with E-state index in [0.29, 0.717) is 5.15 Å². The van der Waals surface area contributed by atoms with E-state index in [1.165, 1.54) is 0 Å². The highest BCUT2D eigenvalue weighted by molar-refractivity contribution is 9.10. The normalized spacial score (nSPS) is 10.3. The van der Waals surface area contributed by atoms with E-state index in [-0.39, 0.29) is 0 Å². The maximum absolute atomic E-state index is 5.74. The highest BCUT2D eigenvalue weighted by Gasteiger charge is 1.98. The van der Waals surface area contributed by atoms with Crippen LogP contribution in [-0.4, -0.2) is 14.5 Å². The van der Waals surface area contributed by atoms with Crippen molar-refractivity contribution in [2.24, 2.45) is 0 Å². The first-order valence-electron chi connectivity index (χ1n) is 3.57. The van der Waals surface area contributed by atoms with Crippen LogP contribution in [-0.2, 0) is 0 Å². The minimum absolute atomic E-state index is 0.474.